The molecule has 0 saturated heterocycles. The molecule has 6 heteroatoms. The van der Waals surface area contributed by atoms with Crippen LogP contribution in [-0.4, -0.2) is 29.1 Å². The van der Waals surface area contributed by atoms with Gasteiger partial charge in [-0.05, 0) is 44.0 Å². The molecule has 0 fully saturated rings. The molecule has 0 saturated carbocycles. The standard InChI is InChI=1S/C22H25N3O3/c1-4-12-27-18-11-10-17(21(14-18)28-13-5-2)15-23-25-16(3)24-20-9-7-6-8-19(20)22(25)26/h6-11,14-15H,4-5,12-13H2,1-3H3/b23-15-. The largest absolute Gasteiger partial charge is 0.493 e. The Morgan fingerprint density at radius 3 is 2.61 bits per heavy atom. The molecule has 3 aromatic rings. The molecule has 0 atom stereocenters. The van der Waals surface area contributed by atoms with Gasteiger partial charge in [-0.25, -0.2) is 4.98 Å². The van der Waals surface area contributed by atoms with E-state index in [0.717, 1.165) is 24.2 Å². The zero-order valence-electron chi connectivity index (χ0n) is 16.5. The van der Waals surface area contributed by atoms with Crippen molar-refractivity contribution in [2.24, 2.45) is 5.10 Å². The van der Waals surface area contributed by atoms with Gasteiger partial charge in [0.15, 0.2) is 0 Å². The van der Waals surface area contributed by atoms with Crippen molar-refractivity contribution in [2.75, 3.05) is 13.2 Å². The highest BCUT2D eigenvalue weighted by molar-refractivity contribution is 5.84. The highest BCUT2D eigenvalue weighted by Crippen LogP contribution is 2.24. The molecule has 0 radical (unpaired) electrons. The minimum Gasteiger partial charge on any atom is -0.493 e. The van der Waals surface area contributed by atoms with E-state index in [1.165, 1.54) is 4.68 Å². The van der Waals surface area contributed by atoms with Crippen LogP contribution >= 0.6 is 0 Å². The van der Waals surface area contributed by atoms with Crippen molar-refractivity contribution >= 4 is 17.1 Å². The van der Waals surface area contributed by atoms with E-state index in [4.69, 9.17) is 9.47 Å². The number of rotatable bonds is 8. The molecule has 2 aromatic carbocycles. The van der Waals surface area contributed by atoms with Crippen molar-refractivity contribution in [1.29, 1.82) is 0 Å². The maximum atomic E-state index is 12.8. The van der Waals surface area contributed by atoms with Gasteiger partial charge in [0.2, 0.25) is 0 Å². The van der Waals surface area contributed by atoms with Crippen molar-refractivity contribution < 1.29 is 9.47 Å². The molecule has 3 rings (SSSR count). The molecule has 0 amide bonds. The molecule has 0 unspecified atom stereocenters. The van der Waals surface area contributed by atoms with Gasteiger partial charge in [-0.1, -0.05) is 26.0 Å². The predicted molar refractivity (Wildman–Crippen MR) is 112 cm³/mol. The monoisotopic (exact) mass is 379 g/mol. The second-order valence-corrected chi connectivity index (χ2v) is 6.43. The van der Waals surface area contributed by atoms with Gasteiger partial charge in [0.25, 0.3) is 5.56 Å². The molecule has 0 aliphatic heterocycles. The van der Waals surface area contributed by atoms with Crippen molar-refractivity contribution in [3.8, 4) is 11.5 Å². The number of nitrogens with zero attached hydrogens (tertiary/aromatic N) is 3. The summed E-state index contributed by atoms with van der Waals surface area (Å²) < 4.78 is 12.9. The molecule has 0 aliphatic carbocycles. The van der Waals surface area contributed by atoms with Crippen LogP contribution in [0.4, 0.5) is 0 Å². The summed E-state index contributed by atoms with van der Waals surface area (Å²) in [5, 5.41) is 4.92. The smallest absolute Gasteiger partial charge is 0.282 e. The Bertz CT molecular complexity index is 1040. The summed E-state index contributed by atoms with van der Waals surface area (Å²) in [6.45, 7) is 7.12. The molecular weight excluding hydrogens is 354 g/mol. The summed E-state index contributed by atoms with van der Waals surface area (Å²) in [7, 11) is 0. The fraction of sp³-hybridized carbons (Fsp3) is 0.318. The highest BCUT2D eigenvalue weighted by Gasteiger charge is 2.08. The fourth-order valence-electron chi connectivity index (χ4n) is 2.76. The topological polar surface area (TPSA) is 65.7 Å². The highest BCUT2D eigenvalue weighted by atomic mass is 16.5. The first-order valence-electron chi connectivity index (χ1n) is 9.56. The van der Waals surface area contributed by atoms with Gasteiger partial charge in [0, 0.05) is 11.6 Å². The molecule has 1 aromatic heterocycles. The van der Waals surface area contributed by atoms with Gasteiger partial charge in [-0.3, -0.25) is 4.79 Å². The van der Waals surface area contributed by atoms with Crippen molar-refractivity contribution in [2.45, 2.75) is 33.6 Å². The average Bonchev–Trinajstić information content (AvgIpc) is 2.71. The van der Waals surface area contributed by atoms with E-state index in [1.807, 2.05) is 36.4 Å². The lowest BCUT2D eigenvalue weighted by molar-refractivity contribution is 0.301. The first-order chi connectivity index (χ1) is 13.6. The van der Waals surface area contributed by atoms with E-state index in [0.29, 0.717) is 35.7 Å². The van der Waals surface area contributed by atoms with E-state index >= 15 is 0 Å². The summed E-state index contributed by atoms with van der Waals surface area (Å²) in [6.07, 6.45) is 3.45. The third-order valence-corrected chi connectivity index (χ3v) is 4.15. The van der Waals surface area contributed by atoms with Crippen LogP contribution in [0.15, 0.2) is 52.4 Å². The summed E-state index contributed by atoms with van der Waals surface area (Å²) in [6, 6.07) is 12.9. The Morgan fingerprint density at radius 1 is 1.07 bits per heavy atom. The van der Waals surface area contributed by atoms with Gasteiger partial charge < -0.3 is 9.47 Å². The zero-order valence-corrected chi connectivity index (χ0v) is 16.5. The molecule has 0 spiro atoms. The van der Waals surface area contributed by atoms with E-state index in [9.17, 15) is 4.79 Å². The van der Waals surface area contributed by atoms with Gasteiger partial charge in [0.1, 0.15) is 17.3 Å². The van der Waals surface area contributed by atoms with Gasteiger partial charge in [-0.2, -0.15) is 9.78 Å². The molecule has 28 heavy (non-hydrogen) atoms. The van der Waals surface area contributed by atoms with E-state index in [-0.39, 0.29) is 5.56 Å². The summed E-state index contributed by atoms with van der Waals surface area (Å²) in [5.74, 6) is 1.96. The first-order valence-corrected chi connectivity index (χ1v) is 9.56. The van der Waals surface area contributed by atoms with Crippen LogP contribution in [0.25, 0.3) is 10.9 Å². The Morgan fingerprint density at radius 2 is 1.82 bits per heavy atom. The van der Waals surface area contributed by atoms with Crippen LogP contribution in [0.5, 0.6) is 11.5 Å². The molecule has 0 bridgehead atoms. The third kappa shape index (κ3) is 4.39. The summed E-state index contributed by atoms with van der Waals surface area (Å²) in [4.78, 5) is 17.2. The Hall–Kier alpha value is -3.15. The third-order valence-electron chi connectivity index (χ3n) is 4.15. The lowest BCUT2D eigenvalue weighted by Crippen LogP contribution is -2.20. The Labute approximate surface area is 164 Å². The van der Waals surface area contributed by atoms with E-state index < -0.39 is 0 Å². The number of para-hydroxylation sites is 1. The van der Waals surface area contributed by atoms with Crippen LogP contribution in [0.3, 0.4) is 0 Å². The van der Waals surface area contributed by atoms with Crippen molar-refractivity contribution in [3.63, 3.8) is 0 Å². The molecule has 0 aliphatic rings. The Kier molecular flexibility index (Phi) is 6.42. The van der Waals surface area contributed by atoms with Gasteiger partial charge in [0.05, 0.1) is 30.3 Å². The van der Waals surface area contributed by atoms with Crippen LogP contribution in [0, 0.1) is 6.92 Å². The van der Waals surface area contributed by atoms with Crippen LogP contribution in [0.2, 0.25) is 0 Å². The molecule has 1 heterocycles. The normalized spacial score (nSPS) is 11.2. The van der Waals surface area contributed by atoms with Crippen molar-refractivity contribution in [1.82, 2.24) is 9.66 Å². The van der Waals surface area contributed by atoms with Crippen LogP contribution in [0.1, 0.15) is 38.1 Å². The maximum absolute atomic E-state index is 12.8. The van der Waals surface area contributed by atoms with Crippen LogP contribution in [-0.2, 0) is 0 Å². The Balaban J connectivity index is 1.97. The lowest BCUT2D eigenvalue weighted by atomic mass is 10.2. The minimum atomic E-state index is -0.196. The summed E-state index contributed by atoms with van der Waals surface area (Å²) in [5.41, 5.74) is 1.25. The minimum absolute atomic E-state index is 0.196. The number of hydrogen-bond donors (Lipinski definition) is 0. The van der Waals surface area contributed by atoms with Gasteiger partial charge in [-0.15, -0.1) is 0 Å². The number of fused-ring (bicyclic) bond motifs is 1. The average molecular weight is 379 g/mol. The quantitative estimate of drug-likeness (QED) is 0.551. The van der Waals surface area contributed by atoms with E-state index in [1.54, 1.807) is 19.2 Å². The molecule has 146 valence electrons. The fourth-order valence-corrected chi connectivity index (χ4v) is 2.76. The molecule has 6 nitrogen and oxygen atoms in total. The van der Waals surface area contributed by atoms with Crippen LogP contribution < -0.4 is 15.0 Å². The zero-order chi connectivity index (χ0) is 19.9. The second kappa shape index (κ2) is 9.17. The SMILES string of the molecule is CCCOc1ccc(/C=N\n2c(C)nc3ccccc3c2=O)c(OCCC)c1. The number of benzene rings is 2. The number of hydrogen-bond acceptors (Lipinski definition) is 5. The second-order valence-electron chi connectivity index (χ2n) is 6.43. The van der Waals surface area contributed by atoms with Gasteiger partial charge >= 0.3 is 0 Å². The molecular formula is C22H25N3O3. The number of aryl methyl sites for hydroxylation is 1. The first kappa shape index (κ1) is 19.6. The molecule has 0 N–H and O–H groups in total. The van der Waals surface area contributed by atoms with E-state index in [2.05, 4.69) is 23.9 Å². The predicted octanol–water partition coefficient (Wildman–Crippen LogP) is 4.16. The summed E-state index contributed by atoms with van der Waals surface area (Å²) >= 11 is 0. The maximum Gasteiger partial charge on any atom is 0.282 e. The number of aromatic nitrogens is 2. The lowest BCUT2D eigenvalue weighted by Gasteiger charge is -2.11. The number of ether oxygens (including phenoxy) is 2. The van der Waals surface area contributed by atoms with Crippen molar-refractivity contribution in [3.05, 3.63) is 64.2 Å².